The van der Waals surface area contributed by atoms with E-state index >= 15 is 0 Å². The minimum absolute atomic E-state index is 0. The second-order valence-electron chi connectivity index (χ2n) is 5.27. The second kappa shape index (κ2) is 6.85. The highest BCUT2D eigenvalue weighted by Crippen LogP contribution is 2.22. The van der Waals surface area contributed by atoms with Crippen LogP contribution in [0, 0.1) is 10.1 Å². The van der Waals surface area contributed by atoms with Gasteiger partial charge in [0.2, 0.25) is 0 Å². The molecule has 0 bridgehead atoms. The molecule has 2 aromatic rings. The highest BCUT2D eigenvalue weighted by Gasteiger charge is 2.19. The van der Waals surface area contributed by atoms with Gasteiger partial charge in [0.25, 0.3) is 5.69 Å². The second-order valence-corrected chi connectivity index (χ2v) is 5.27. The zero-order chi connectivity index (χ0) is 14.8. The molecule has 1 aromatic heterocycles. The normalized spacial score (nSPS) is 17.8. The Bertz CT molecular complexity index is 675. The van der Waals surface area contributed by atoms with Crippen LogP contribution in [0.4, 0.5) is 11.5 Å². The number of nitrogens with zero attached hydrogens (tertiary/aromatic N) is 4. The first-order valence-corrected chi connectivity index (χ1v) is 7.00. The van der Waals surface area contributed by atoms with Crippen molar-refractivity contribution in [1.29, 1.82) is 0 Å². The van der Waals surface area contributed by atoms with Crippen LogP contribution in [-0.2, 0) is 0 Å². The van der Waals surface area contributed by atoms with Gasteiger partial charge >= 0.3 is 0 Å². The van der Waals surface area contributed by atoms with Gasteiger partial charge in [0.05, 0.1) is 22.2 Å². The van der Waals surface area contributed by atoms with Crippen molar-refractivity contribution in [2.45, 2.75) is 18.9 Å². The maximum atomic E-state index is 10.8. The molecule has 1 fully saturated rings. The van der Waals surface area contributed by atoms with Gasteiger partial charge in [-0.05, 0) is 25.5 Å². The lowest BCUT2D eigenvalue weighted by Crippen LogP contribution is -2.44. The number of non-ortho nitro benzene ring substituents is 1. The number of nitro groups is 1. The average Bonchev–Trinajstić information content (AvgIpc) is 2.54. The number of halogens is 1. The van der Waals surface area contributed by atoms with Gasteiger partial charge in [0, 0.05) is 31.8 Å². The Morgan fingerprint density at radius 2 is 2.23 bits per heavy atom. The van der Waals surface area contributed by atoms with E-state index in [0.717, 1.165) is 31.7 Å². The SMILES string of the molecule is CN(c1cnc2cc([N+](=O)[O-])ccc2n1)[C@@H]1CCCNC1.Cl. The first-order valence-electron chi connectivity index (χ1n) is 7.00. The summed E-state index contributed by atoms with van der Waals surface area (Å²) < 4.78 is 0. The molecule has 1 atom stereocenters. The number of hydrogen-bond donors (Lipinski definition) is 1. The Morgan fingerprint density at radius 3 is 2.91 bits per heavy atom. The van der Waals surface area contributed by atoms with Gasteiger partial charge in [-0.25, -0.2) is 4.98 Å². The minimum Gasteiger partial charge on any atom is -0.354 e. The topological polar surface area (TPSA) is 84.2 Å². The number of nitro benzene ring substituents is 1. The summed E-state index contributed by atoms with van der Waals surface area (Å²) in [6, 6.07) is 4.97. The van der Waals surface area contributed by atoms with Gasteiger partial charge in [0.1, 0.15) is 5.82 Å². The number of hydrogen-bond acceptors (Lipinski definition) is 6. The predicted octanol–water partition coefficient (Wildman–Crippen LogP) is 2.15. The Morgan fingerprint density at radius 1 is 1.41 bits per heavy atom. The van der Waals surface area contributed by atoms with Gasteiger partial charge in [0.15, 0.2) is 0 Å². The molecule has 1 aliphatic rings. The lowest BCUT2D eigenvalue weighted by molar-refractivity contribution is -0.384. The fraction of sp³-hybridized carbons (Fsp3) is 0.429. The third-order valence-corrected chi connectivity index (χ3v) is 3.90. The summed E-state index contributed by atoms with van der Waals surface area (Å²) in [5.74, 6) is 0.796. The number of rotatable bonds is 3. The number of anilines is 1. The van der Waals surface area contributed by atoms with E-state index < -0.39 is 4.92 Å². The summed E-state index contributed by atoms with van der Waals surface area (Å²) in [5.41, 5.74) is 1.26. The number of likely N-dealkylation sites (N-methyl/N-ethyl adjacent to an activating group) is 1. The lowest BCUT2D eigenvalue weighted by Gasteiger charge is -2.32. The summed E-state index contributed by atoms with van der Waals surface area (Å²) in [5, 5.41) is 14.1. The summed E-state index contributed by atoms with van der Waals surface area (Å²) in [4.78, 5) is 21.3. The maximum Gasteiger partial charge on any atom is 0.271 e. The first kappa shape index (κ1) is 16.4. The molecule has 8 heteroatoms. The molecule has 0 unspecified atom stereocenters. The molecule has 0 amide bonds. The van der Waals surface area contributed by atoms with Crippen molar-refractivity contribution in [1.82, 2.24) is 15.3 Å². The Labute approximate surface area is 134 Å². The van der Waals surface area contributed by atoms with Crippen LogP contribution in [0.1, 0.15) is 12.8 Å². The number of aromatic nitrogens is 2. The summed E-state index contributed by atoms with van der Waals surface area (Å²) in [6.07, 6.45) is 3.96. The summed E-state index contributed by atoms with van der Waals surface area (Å²) in [7, 11) is 2.01. The van der Waals surface area contributed by atoms with Crippen LogP contribution >= 0.6 is 12.4 Å². The van der Waals surface area contributed by atoms with Crippen LogP contribution in [0.2, 0.25) is 0 Å². The van der Waals surface area contributed by atoms with E-state index in [2.05, 4.69) is 20.2 Å². The third kappa shape index (κ3) is 3.26. The smallest absolute Gasteiger partial charge is 0.271 e. The number of piperidine rings is 1. The van der Waals surface area contributed by atoms with Crippen LogP contribution in [0.15, 0.2) is 24.4 Å². The molecule has 3 rings (SSSR count). The predicted molar refractivity (Wildman–Crippen MR) is 87.7 cm³/mol. The molecule has 1 aliphatic heterocycles. The van der Waals surface area contributed by atoms with Crippen molar-refractivity contribution in [2.75, 3.05) is 25.0 Å². The van der Waals surface area contributed by atoms with Crippen LogP contribution in [0.5, 0.6) is 0 Å². The Balaban J connectivity index is 0.00000176. The molecule has 1 saturated heterocycles. The van der Waals surface area contributed by atoms with Gasteiger partial charge in [-0.3, -0.25) is 15.1 Å². The van der Waals surface area contributed by atoms with Gasteiger partial charge in [-0.1, -0.05) is 0 Å². The van der Waals surface area contributed by atoms with Gasteiger partial charge in [-0.2, -0.15) is 0 Å². The third-order valence-electron chi connectivity index (χ3n) is 3.90. The molecule has 1 aromatic carbocycles. The van der Waals surface area contributed by atoms with Crippen molar-refractivity contribution in [3.05, 3.63) is 34.5 Å². The zero-order valence-corrected chi connectivity index (χ0v) is 13.0. The minimum atomic E-state index is -0.422. The number of fused-ring (bicyclic) bond motifs is 1. The molecule has 22 heavy (non-hydrogen) atoms. The molecular weight excluding hydrogens is 306 g/mol. The molecule has 0 radical (unpaired) electrons. The highest BCUT2D eigenvalue weighted by atomic mass is 35.5. The number of benzene rings is 1. The molecule has 0 saturated carbocycles. The van der Waals surface area contributed by atoms with E-state index in [1.54, 1.807) is 12.3 Å². The monoisotopic (exact) mass is 323 g/mol. The first-order chi connectivity index (χ1) is 10.1. The van der Waals surface area contributed by atoms with Crippen molar-refractivity contribution in [3.8, 4) is 0 Å². The van der Waals surface area contributed by atoms with Crippen LogP contribution in [0.3, 0.4) is 0 Å². The van der Waals surface area contributed by atoms with Gasteiger partial charge < -0.3 is 10.2 Å². The zero-order valence-electron chi connectivity index (χ0n) is 12.2. The molecule has 118 valence electrons. The Hall–Kier alpha value is -1.99. The fourth-order valence-corrected chi connectivity index (χ4v) is 2.62. The molecule has 0 spiro atoms. The maximum absolute atomic E-state index is 10.8. The van der Waals surface area contributed by atoms with Crippen molar-refractivity contribution in [2.24, 2.45) is 0 Å². The van der Waals surface area contributed by atoms with E-state index in [-0.39, 0.29) is 18.1 Å². The van der Waals surface area contributed by atoms with Crippen LogP contribution < -0.4 is 10.2 Å². The summed E-state index contributed by atoms with van der Waals surface area (Å²) in [6.45, 7) is 2.01. The standard InChI is InChI=1S/C14H17N5O2.ClH/c1-18(11-3-2-6-15-8-11)14-9-16-13-7-10(19(20)21)4-5-12(13)17-14;/h4-5,7,9,11,15H,2-3,6,8H2,1H3;1H/t11-;/m1./s1. The average molecular weight is 324 g/mol. The van der Waals surface area contributed by atoms with Crippen LogP contribution in [0.25, 0.3) is 11.0 Å². The van der Waals surface area contributed by atoms with Crippen LogP contribution in [-0.4, -0.2) is 41.1 Å². The largest absolute Gasteiger partial charge is 0.354 e. The quantitative estimate of drug-likeness (QED) is 0.688. The molecule has 2 heterocycles. The van der Waals surface area contributed by atoms with E-state index in [1.165, 1.54) is 12.1 Å². The van der Waals surface area contributed by atoms with Crippen molar-refractivity contribution in [3.63, 3.8) is 0 Å². The summed E-state index contributed by atoms with van der Waals surface area (Å²) >= 11 is 0. The molecule has 1 N–H and O–H groups in total. The molecule has 7 nitrogen and oxygen atoms in total. The highest BCUT2D eigenvalue weighted by molar-refractivity contribution is 5.85. The van der Waals surface area contributed by atoms with Gasteiger partial charge in [-0.15, -0.1) is 12.4 Å². The Kier molecular flexibility index (Phi) is 5.10. The molecule has 0 aliphatic carbocycles. The van der Waals surface area contributed by atoms with E-state index in [1.807, 2.05) is 7.05 Å². The van der Waals surface area contributed by atoms with E-state index in [0.29, 0.717) is 17.1 Å². The lowest BCUT2D eigenvalue weighted by atomic mass is 10.1. The number of nitrogens with one attached hydrogen (secondary N) is 1. The molecular formula is C14H18ClN5O2. The van der Waals surface area contributed by atoms with Crippen molar-refractivity contribution >= 4 is 34.9 Å². The van der Waals surface area contributed by atoms with Crippen molar-refractivity contribution < 1.29 is 4.92 Å². The van der Waals surface area contributed by atoms with E-state index in [4.69, 9.17) is 0 Å². The fourth-order valence-electron chi connectivity index (χ4n) is 2.62. The van der Waals surface area contributed by atoms with E-state index in [9.17, 15) is 10.1 Å².